The molecule has 0 aromatic heterocycles. The maximum Gasteiger partial charge on any atom is 0.311 e. The van der Waals surface area contributed by atoms with E-state index >= 15 is 0 Å². The van der Waals surface area contributed by atoms with Crippen LogP contribution in [0.4, 0.5) is 11.4 Å². The molecule has 1 aromatic rings. The fraction of sp³-hybridized carbons (Fsp3) is 0.500. The van der Waals surface area contributed by atoms with Crippen LogP contribution < -0.4 is 5.32 Å². The number of esters is 1. The molecule has 10 heteroatoms. The maximum atomic E-state index is 12.2. The summed E-state index contributed by atoms with van der Waals surface area (Å²) in [6.45, 7) is -0.196. The molecule has 1 aliphatic heterocycles. The number of nitro benzene ring substituents is 1. The van der Waals surface area contributed by atoms with Crippen molar-refractivity contribution >= 4 is 40.8 Å². The zero-order valence-corrected chi connectivity index (χ0v) is 15.8. The topological polar surface area (TPSA) is 119 Å². The number of amides is 2. The SMILES string of the molecule is O=C(COC(=O)[C@@H]1CC(=O)N(C2CCCC2)C1)Nc1ccc([N+](=O)[O-])cc1Cl. The molecule has 1 saturated heterocycles. The van der Waals surface area contributed by atoms with Crippen LogP contribution in [0.25, 0.3) is 0 Å². The van der Waals surface area contributed by atoms with Crippen LogP contribution in [0.2, 0.25) is 5.02 Å². The Labute approximate surface area is 166 Å². The van der Waals surface area contributed by atoms with Crippen molar-refractivity contribution in [1.29, 1.82) is 0 Å². The Morgan fingerprint density at radius 2 is 2.04 bits per heavy atom. The van der Waals surface area contributed by atoms with E-state index in [9.17, 15) is 24.5 Å². The fourth-order valence-corrected chi connectivity index (χ4v) is 3.84. The number of non-ortho nitro benzene ring substituents is 1. The molecular weight excluding hydrogens is 390 g/mol. The normalized spacial score (nSPS) is 19.7. The lowest BCUT2D eigenvalue weighted by Crippen LogP contribution is -2.35. The second-order valence-electron chi connectivity index (χ2n) is 6.96. The van der Waals surface area contributed by atoms with E-state index in [-0.39, 0.29) is 34.8 Å². The lowest BCUT2D eigenvalue weighted by Gasteiger charge is -2.23. The minimum atomic E-state index is -0.624. The Kier molecular flexibility index (Phi) is 6.13. The van der Waals surface area contributed by atoms with Gasteiger partial charge in [0.15, 0.2) is 6.61 Å². The van der Waals surface area contributed by atoms with Crippen molar-refractivity contribution in [1.82, 2.24) is 4.90 Å². The molecule has 2 aliphatic rings. The second-order valence-corrected chi connectivity index (χ2v) is 7.37. The van der Waals surface area contributed by atoms with E-state index in [1.54, 1.807) is 4.90 Å². The first kappa shape index (κ1) is 20.1. The Morgan fingerprint density at radius 1 is 1.32 bits per heavy atom. The van der Waals surface area contributed by atoms with Gasteiger partial charge in [0.05, 0.1) is 21.6 Å². The van der Waals surface area contributed by atoms with Gasteiger partial charge in [-0.2, -0.15) is 0 Å². The van der Waals surface area contributed by atoms with Crippen LogP contribution in [0, 0.1) is 16.0 Å². The first-order valence-corrected chi connectivity index (χ1v) is 9.43. The smallest absolute Gasteiger partial charge is 0.311 e. The molecule has 1 atom stereocenters. The molecule has 9 nitrogen and oxygen atoms in total. The van der Waals surface area contributed by atoms with E-state index < -0.39 is 29.3 Å². The summed E-state index contributed by atoms with van der Waals surface area (Å²) >= 11 is 5.91. The number of anilines is 1. The summed E-state index contributed by atoms with van der Waals surface area (Å²) in [7, 11) is 0. The highest BCUT2D eigenvalue weighted by Gasteiger charge is 2.39. The summed E-state index contributed by atoms with van der Waals surface area (Å²) in [5.41, 5.74) is -0.0242. The van der Waals surface area contributed by atoms with E-state index in [0.717, 1.165) is 31.7 Å². The van der Waals surface area contributed by atoms with Gasteiger partial charge in [0.1, 0.15) is 0 Å². The third-order valence-corrected chi connectivity index (χ3v) is 5.35. The van der Waals surface area contributed by atoms with Crippen molar-refractivity contribution in [2.75, 3.05) is 18.5 Å². The predicted octanol–water partition coefficient (Wildman–Crippen LogP) is 2.52. The number of hydrogen-bond acceptors (Lipinski definition) is 6. The van der Waals surface area contributed by atoms with Gasteiger partial charge in [-0.15, -0.1) is 0 Å². The van der Waals surface area contributed by atoms with Gasteiger partial charge in [-0.25, -0.2) is 0 Å². The first-order chi connectivity index (χ1) is 13.3. The van der Waals surface area contributed by atoms with Gasteiger partial charge >= 0.3 is 5.97 Å². The number of likely N-dealkylation sites (tertiary alicyclic amines) is 1. The minimum Gasteiger partial charge on any atom is -0.455 e. The van der Waals surface area contributed by atoms with Crippen molar-refractivity contribution < 1.29 is 24.0 Å². The van der Waals surface area contributed by atoms with Crippen LogP contribution in [0.5, 0.6) is 0 Å². The predicted molar refractivity (Wildman–Crippen MR) is 99.8 cm³/mol. The molecule has 2 amide bonds. The number of nitro groups is 1. The van der Waals surface area contributed by atoms with Gasteiger partial charge in [-0.3, -0.25) is 24.5 Å². The largest absolute Gasteiger partial charge is 0.455 e. The summed E-state index contributed by atoms with van der Waals surface area (Å²) < 4.78 is 5.04. The summed E-state index contributed by atoms with van der Waals surface area (Å²) in [5, 5.41) is 13.1. The van der Waals surface area contributed by atoms with Crippen molar-refractivity contribution in [3.63, 3.8) is 0 Å². The number of rotatable bonds is 6. The zero-order chi connectivity index (χ0) is 20.3. The average molecular weight is 410 g/mol. The second kappa shape index (κ2) is 8.55. The third kappa shape index (κ3) is 4.59. The maximum absolute atomic E-state index is 12.2. The monoisotopic (exact) mass is 409 g/mol. The van der Waals surface area contributed by atoms with Crippen molar-refractivity contribution in [3.05, 3.63) is 33.3 Å². The standard InChI is InChI=1S/C18H20ClN3O6/c19-14-8-13(22(26)27)5-6-15(14)20-16(23)10-28-18(25)11-7-17(24)21(9-11)12-3-1-2-4-12/h5-6,8,11-12H,1-4,7,9-10H2,(H,20,23)/t11-/m1/s1. The number of nitrogens with one attached hydrogen (secondary N) is 1. The van der Waals surface area contributed by atoms with E-state index in [1.165, 1.54) is 12.1 Å². The highest BCUT2D eigenvalue weighted by Crippen LogP contribution is 2.30. The van der Waals surface area contributed by atoms with Gasteiger partial charge in [0.2, 0.25) is 5.91 Å². The van der Waals surface area contributed by atoms with Gasteiger partial charge in [-0.05, 0) is 18.9 Å². The molecule has 1 saturated carbocycles. The van der Waals surface area contributed by atoms with Gasteiger partial charge in [0.25, 0.3) is 11.6 Å². The van der Waals surface area contributed by atoms with E-state index in [1.807, 2.05) is 0 Å². The van der Waals surface area contributed by atoms with Gasteiger partial charge in [-0.1, -0.05) is 24.4 Å². The molecule has 3 rings (SSSR count). The number of carbonyl (C=O) groups excluding carboxylic acids is 3. The van der Waals surface area contributed by atoms with Crippen molar-refractivity contribution in [3.8, 4) is 0 Å². The van der Waals surface area contributed by atoms with Crippen LogP contribution in [-0.4, -0.2) is 46.8 Å². The molecule has 0 unspecified atom stereocenters. The Balaban J connectivity index is 1.48. The Hall–Kier alpha value is -2.68. The average Bonchev–Trinajstić information content (AvgIpc) is 3.30. The van der Waals surface area contributed by atoms with E-state index in [4.69, 9.17) is 16.3 Å². The number of halogens is 1. The highest BCUT2D eigenvalue weighted by molar-refractivity contribution is 6.34. The van der Waals surface area contributed by atoms with Crippen molar-refractivity contribution in [2.24, 2.45) is 5.92 Å². The number of nitrogens with zero attached hydrogens (tertiary/aromatic N) is 2. The molecular formula is C18H20ClN3O6. The van der Waals surface area contributed by atoms with Crippen LogP contribution in [0.15, 0.2) is 18.2 Å². The van der Waals surface area contributed by atoms with E-state index in [0.29, 0.717) is 6.54 Å². The summed E-state index contributed by atoms with van der Waals surface area (Å²) in [4.78, 5) is 48.2. The third-order valence-electron chi connectivity index (χ3n) is 5.04. The number of carbonyl (C=O) groups is 3. The molecule has 1 heterocycles. The quantitative estimate of drug-likeness (QED) is 0.438. The number of benzene rings is 1. The minimum absolute atomic E-state index is 0.00229. The van der Waals surface area contributed by atoms with Crippen molar-refractivity contribution in [2.45, 2.75) is 38.1 Å². The van der Waals surface area contributed by atoms with Gasteiger partial charge in [0, 0.05) is 31.1 Å². The summed E-state index contributed by atoms with van der Waals surface area (Å²) in [5.74, 6) is -1.82. The molecule has 150 valence electrons. The van der Waals surface area contributed by atoms with Crippen LogP contribution >= 0.6 is 11.6 Å². The van der Waals surface area contributed by atoms with Crippen LogP contribution in [0.3, 0.4) is 0 Å². The zero-order valence-electron chi connectivity index (χ0n) is 15.1. The van der Waals surface area contributed by atoms with Crippen LogP contribution in [-0.2, 0) is 19.1 Å². The lowest BCUT2D eigenvalue weighted by atomic mass is 10.1. The molecule has 0 spiro atoms. The Bertz CT molecular complexity index is 809. The summed E-state index contributed by atoms with van der Waals surface area (Å²) in [6.07, 6.45) is 4.22. The molecule has 0 bridgehead atoms. The number of ether oxygens (including phenoxy) is 1. The summed E-state index contributed by atoms with van der Waals surface area (Å²) in [6, 6.07) is 3.83. The molecule has 0 radical (unpaired) electrons. The first-order valence-electron chi connectivity index (χ1n) is 9.05. The fourth-order valence-electron chi connectivity index (χ4n) is 3.62. The Morgan fingerprint density at radius 3 is 2.68 bits per heavy atom. The molecule has 28 heavy (non-hydrogen) atoms. The molecule has 1 aromatic carbocycles. The molecule has 1 N–H and O–H groups in total. The highest BCUT2D eigenvalue weighted by atomic mass is 35.5. The molecule has 2 fully saturated rings. The number of hydrogen-bond donors (Lipinski definition) is 1. The van der Waals surface area contributed by atoms with Crippen LogP contribution in [0.1, 0.15) is 32.1 Å². The molecule has 1 aliphatic carbocycles. The van der Waals surface area contributed by atoms with E-state index in [2.05, 4.69) is 5.32 Å². The van der Waals surface area contributed by atoms with Gasteiger partial charge < -0.3 is 15.0 Å². The lowest BCUT2D eigenvalue weighted by molar-refractivity contribution is -0.384.